The van der Waals surface area contributed by atoms with Gasteiger partial charge in [0.25, 0.3) is 0 Å². The standard InChI is InChI=1S/C16H13F3O5/c1-22-12-5-3-2-4-9(12)14-10(8-13(20)24-14)16(21)23-7-6-11(17)15(18)19/h2-5H,6-8H2,1H3. The minimum atomic E-state index is -2.46. The van der Waals surface area contributed by atoms with Gasteiger partial charge in [0.15, 0.2) is 11.6 Å². The van der Waals surface area contributed by atoms with Crippen LogP contribution in [-0.2, 0) is 19.1 Å². The highest BCUT2D eigenvalue weighted by Crippen LogP contribution is 2.35. The number of hydrogen-bond donors (Lipinski definition) is 0. The molecular formula is C16H13F3O5. The Bertz CT molecular complexity index is 720. The fraction of sp³-hybridized carbons (Fsp3) is 0.250. The van der Waals surface area contributed by atoms with Crippen LogP contribution in [0.5, 0.6) is 5.75 Å². The Balaban J connectivity index is 2.20. The van der Waals surface area contributed by atoms with Crippen molar-refractivity contribution in [3.8, 4) is 5.75 Å². The number of methoxy groups -OCH3 is 1. The van der Waals surface area contributed by atoms with Crippen LogP contribution in [0.2, 0.25) is 0 Å². The smallest absolute Gasteiger partial charge is 0.338 e. The van der Waals surface area contributed by atoms with Crippen molar-refractivity contribution >= 4 is 17.7 Å². The first-order valence-electron chi connectivity index (χ1n) is 6.88. The van der Waals surface area contributed by atoms with Crippen LogP contribution < -0.4 is 4.74 Å². The Labute approximate surface area is 135 Å². The molecule has 1 aromatic carbocycles. The highest BCUT2D eigenvalue weighted by atomic mass is 19.3. The first kappa shape index (κ1) is 17.6. The maximum atomic E-state index is 12.7. The number of carbonyl (C=O) groups excluding carboxylic acids is 2. The van der Waals surface area contributed by atoms with E-state index in [-0.39, 0.29) is 17.8 Å². The molecule has 1 aliphatic heterocycles. The number of esters is 2. The molecule has 1 aromatic rings. The summed E-state index contributed by atoms with van der Waals surface area (Å²) in [5, 5.41) is 0. The summed E-state index contributed by atoms with van der Waals surface area (Å²) in [6.45, 7) is -0.584. The molecular weight excluding hydrogens is 329 g/mol. The van der Waals surface area contributed by atoms with Crippen molar-refractivity contribution in [3.05, 3.63) is 47.3 Å². The molecule has 0 saturated heterocycles. The van der Waals surface area contributed by atoms with Gasteiger partial charge in [0.2, 0.25) is 0 Å². The maximum absolute atomic E-state index is 12.7. The van der Waals surface area contributed by atoms with Crippen molar-refractivity contribution in [2.75, 3.05) is 13.7 Å². The van der Waals surface area contributed by atoms with E-state index in [0.29, 0.717) is 11.3 Å². The fourth-order valence-corrected chi connectivity index (χ4v) is 2.07. The lowest BCUT2D eigenvalue weighted by Gasteiger charge is -2.10. The molecule has 0 radical (unpaired) electrons. The molecule has 0 unspecified atom stereocenters. The van der Waals surface area contributed by atoms with Gasteiger partial charge in [-0.3, -0.25) is 4.79 Å². The summed E-state index contributed by atoms with van der Waals surface area (Å²) in [6, 6.07) is 6.55. The van der Waals surface area contributed by atoms with Gasteiger partial charge >= 0.3 is 18.0 Å². The molecule has 24 heavy (non-hydrogen) atoms. The van der Waals surface area contributed by atoms with E-state index >= 15 is 0 Å². The summed E-state index contributed by atoms with van der Waals surface area (Å²) in [5.74, 6) is -2.89. The van der Waals surface area contributed by atoms with Crippen molar-refractivity contribution in [2.24, 2.45) is 0 Å². The third-order valence-electron chi connectivity index (χ3n) is 3.17. The van der Waals surface area contributed by atoms with Crippen molar-refractivity contribution < 1.29 is 37.0 Å². The van der Waals surface area contributed by atoms with Gasteiger partial charge in [-0.2, -0.15) is 8.78 Å². The SMILES string of the molecule is COc1ccccc1C1=C(C(=O)OCCC(F)=C(F)F)CC(=O)O1. The summed E-state index contributed by atoms with van der Waals surface area (Å²) in [5.41, 5.74) is 0.299. The number of benzene rings is 1. The third-order valence-corrected chi connectivity index (χ3v) is 3.17. The largest absolute Gasteiger partial charge is 0.496 e. The Kier molecular flexibility index (Phi) is 5.62. The monoisotopic (exact) mass is 342 g/mol. The molecule has 1 aliphatic rings. The van der Waals surface area contributed by atoms with Crippen LogP contribution in [0.25, 0.3) is 5.76 Å². The Hall–Kier alpha value is -2.77. The molecule has 8 heteroatoms. The second-order valence-corrected chi connectivity index (χ2v) is 4.71. The molecule has 128 valence electrons. The van der Waals surface area contributed by atoms with E-state index in [4.69, 9.17) is 14.2 Å². The number of halogens is 3. The number of cyclic esters (lactones) is 1. The average Bonchev–Trinajstić information content (AvgIpc) is 2.96. The summed E-state index contributed by atoms with van der Waals surface area (Å²) in [4.78, 5) is 23.6. The van der Waals surface area contributed by atoms with Crippen LogP contribution >= 0.6 is 0 Å². The van der Waals surface area contributed by atoms with Gasteiger partial charge in [0.05, 0.1) is 31.3 Å². The second-order valence-electron chi connectivity index (χ2n) is 4.71. The van der Waals surface area contributed by atoms with Gasteiger partial charge in [-0.1, -0.05) is 12.1 Å². The van der Waals surface area contributed by atoms with Gasteiger partial charge in [-0.25, -0.2) is 9.18 Å². The number of carbonyl (C=O) groups is 2. The topological polar surface area (TPSA) is 61.8 Å². The summed E-state index contributed by atoms with van der Waals surface area (Å²) in [6.07, 6.45) is -3.54. The highest BCUT2D eigenvalue weighted by molar-refractivity contribution is 6.06. The maximum Gasteiger partial charge on any atom is 0.338 e. The Morgan fingerprint density at radius 2 is 1.96 bits per heavy atom. The van der Waals surface area contributed by atoms with Crippen LogP contribution in [0, 0.1) is 0 Å². The van der Waals surface area contributed by atoms with Crippen LogP contribution in [0.15, 0.2) is 41.7 Å². The van der Waals surface area contributed by atoms with E-state index in [1.807, 2.05) is 0 Å². The molecule has 0 aliphatic carbocycles. The highest BCUT2D eigenvalue weighted by Gasteiger charge is 2.32. The van der Waals surface area contributed by atoms with Crippen molar-refractivity contribution in [1.82, 2.24) is 0 Å². The van der Waals surface area contributed by atoms with Crippen molar-refractivity contribution in [1.29, 1.82) is 0 Å². The van der Waals surface area contributed by atoms with Crippen LogP contribution in [-0.4, -0.2) is 25.7 Å². The Morgan fingerprint density at radius 3 is 2.62 bits per heavy atom. The molecule has 2 rings (SSSR count). The molecule has 0 saturated carbocycles. The predicted octanol–water partition coefficient (Wildman–Crippen LogP) is 3.36. The number of para-hydroxylation sites is 1. The molecule has 1 heterocycles. The van der Waals surface area contributed by atoms with Gasteiger partial charge < -0.3 is 14.2 Å². The minimum absolute atomic E-state index is 0.0184. The molecule has 0 N–H and O–H groups in total. The van der Waals surface area contributed by atoms with Gasteiger partial charge in [0.1, 0.15) is 5.75 Å². The second kappa shape index (κ2) is 7.67. The number of hydrogen-bond acceptors (Lipinski definition) is 5. The van der Waals surface area contributed by atoms with E-state index in [9.17, 15) is 22.8 Å². The van der Waals surface area contributed by atoms with E-state index < -0.39 is 36.9 Å². The van der Waals surface area contributed by atoms with E-state index in [1.54, 1.807) is 24.3 Å². The van der Waals surface area contributed by atoms with E-state index in [2.05, 4.69) is 0 Å². The quantitative estimate of drug-likeness (QED) is 0.742. The van der Waals surface area contributed by atoms with E-state index in [0.717, 1.165) is 0 Å². The van der Waals surface area contributed by atoms with Crippen LogP contribution in [0.3, 0.4) is 0 Å². The molecule has 0 amide bonds. The van der Waals surface area contributed by atoms with Crippen LogP contribution in [0.1, 0.15) is 18.4 Å². The lowest BCUT2D eigenvalue weighted by Crippen LogP contribution is -2.10. The third kappa shape index (κ3) is 3.95. The fourth-order valence-electron chi connectivity index (χ4n) is 2.07. The molecule has 0 atom stereocenters. The molecule has 0 spiro atoms. The normalized spacial score (nSPS) is 13.6. The number of rotatable bonds is 6. The van der Waals surface area contributed by atoms with Gasteiger partial charge in [-0.05, 0) is 12.1 Å². The minimum Gasteiger partial charge on any atom is -0.496 e. The van der Waals surface area contributed by atoms with Crippen molar-refractivity contribution in [2.45, 2.75) is 12.8 Å². The predicted molar refractivity (Wildman–Crippen MR) is 76.5 cm³/mol. The molecule has 0 aromatic heterocycles. The van der Waals surface area contributed by atoms with Crippen molar-refractivity contribution in [3.63, 3.8) is 0 Å². The summed E-state index contributed by atoms with van der Waals surface area (Å²) < 4.78 is 51.5. The van der Waals surface area contributed by atoms with Crippen LogP contribution in [0.4, 0.5) is 13.2 Å². The lowest BCUT2D eigenvalue weighted by molar-refractivity contribution is -0.140. The first-order valence-corrected chi connectivity index (χ1v) is 6.88. The zero-order valence-corrected chi connectivity index (χ0v) is 12.6. The van der Waals surface area contributed by atoms with E-state index in [1.165, 1.54) is 7.11 Å². The number of ether oxygens (including phenoxy) is 3. The zero-order chi connectivity index (χ0) is 17.7. The molecule has 0 bridgehead atoms. The average molecular weight is 342 g/mol. The summed E-state index contributed by atoms with van der Waals surface area (Å²) >= 11 is 0. The lowest BCUT2D eigenvalue weighted by atomic mass is 10.1. The zero-order valence-electron chi connectivity index (χ0n) is 12.6. The van der Waals surface area contributed by atoms with Gasteiger partial charge in [-0.15, -0.1) is 0 Å². The Morgan fingerprint density at radius 1 is 1.25 bits per heavy atom. The molecule has 0 fully saturated rings. The van der Waals surface area contributed by atoms with Gasteiger partial charge in [0, 0.05) is 6.42 Å². The molecule has 5 nitrogen and oxygen atoms in total. The summed E-state index contributed by atoms with van der Waals surface area (Å²) in [7, 11) is 1.41. The first-order chi connectivity index (χ1) is 11.4.